The minimum absolute atomic E-state index is 0.147. The summed E-state index contributed by atoms with van der Waals surface area (Å²) in [5, 5.41) is 9.62. The molecule has 0 spiro atoms. The standard InChI is InChI=1S/C21H24N2O/c22-16-21(23-14-6-1-2-7-15-23)19-10-12-20(13-11-19)24-17-18-8-4-3-5-9-18/h3-5,8-13,21H,1-2,6-7,14-15,17H2. The zero-order chi connectivity index (χ0) is 16.6. The largest absolute Gasteiger partial charge is 0.489 e. The summed E-state index contributed by atoms with van der Waals surface area (Å²) in [6.07, 6.45) is 4.94. The van der Waals surface area contributed by atoms with Crippen molar-refractivity contribution in [2.75, 3.05) is 13.1 Å². The molecule has 0 aliphatic carbocycles. The topological polar surface area (TPSA) is 36.3 Å². The van der Waals surface area contributed by atoms with E-state index in [-0.39, 0.29) is 6.04 Å². The van der Waals surface area contributed by atoms with E-state index in [0.29, 0.717) is 6.61 Å². The minimum atomic E-state index is -0.147. The van der Waals surface area contributed by atoms with Crippen LogP contribution in [0.5, 0.6) is 5.75 Å². The maximum absolute atomic E-state index is 9.62. The van der Waals surface area contributed by atoms with Crippen LogP contribution in [0.2, 0.25) is 0 Å². The number of rotatable bonds is 5. The van der Waals surface area contributed by atoms with Gasteiger partial charge in [0.2, 0.25) is 0 Å². The van der Waals surface area contributed by atoms with E-state index in [4.69, 9.17) is 4.74 Å². The predicted octanol–water partition coefficient (Wildman–Crippen LogP) is 4.71. The second kappa shape index (κ2) is 8.52. The van der Waals surface area contributed by atoms with Gasteiger partial charge in [0.25, 0.3) is 0 Å². The fraction of sp³-hybridized carbons (Fsp3) is 0.381. The maximum atomic E-state index is 9.62. The van der Waals surface area contributed by atoms with Crippen molar-refractivity contribution in [3.8, 4) is 11.8 Å². The number of ether oxygens (including phenoxy) is 1. The molecule has 0 radical (unpaired) electrons. The fourth-order valence-electron chi connectivity index (χ4n) is 3.21. The van der Waals surface area contributed by atoms with Crippen molar-refractivity contribution in [3.05, 3.63) is 65.7 Å². The SMILES string of the molecule is N#CC(c1ccc(OCc2ccccc2)cc1)N1CCCCCC1. The minimum Gasteiger partial charge on any atom is -0.489 e. The third-order valence-electron chi connectivity index (χ3n) is 4.57. The van der Waals surface area contributed by atoms with E-state index in [1.54, 1.807) is 0 Å². The molecule has 0 bridgehead atoms. The summed E-state index contributed by atoms with van der Waals surface area (Å²) < 4.78 is 5.83. The highest BCUT2D eigenvalue weighted by Gasteiger charge is 2.20. The third kappa shape index (κ3) is 4.37. The fourth-order valence-corrected chi connectivity index (χ4v) is 3.21. The quantitative estimate of drug-likeness (QED) is 0.800. The summed E-state index contributed by atoms with van der Waals surface area (Å²) in [4.78, 5) is 2.31. The Kier molecular flexibility index (Phi) is 5.87. The Morgan fingerprint density at radius 1 is 0.917 bits per heavy atom. The predicted molar refractivity (Wildman–Crippen MR) is 95.6 cm³/mol. The van der Waals surface area contributed by atoms with Gasteiger partial charge >= 0.3 is 0 Å². The first-order valence-corrected chi connectivity index (χ1v) is 8.77. The molecule has 1 aliphatic heterocycles. The van der Waals surface area contributed by atoms with Gasteiger partial charge in [0.05, 0.1) is 6.07 Å². The molecule has 3 heteroatoms. The van der Waals surface area contributed by atoms with Gasteiger partial charge in [0.15, 0.2) is 0 Å². The van der Waals surface area contributed by atoms with Crippen molar-refractivity contribution in [1.29, 1.82) is 5.26 Å². The highest BCUT2D eigenvalue weighted by molar-refractivity contribution is 5.32. The van der Waals surface area contributed by atoms with Crippen LogP contribution in [-0.4, -0.2) is 18.0 Å². The first-order chi connectivity index (χ1) is 11.9. The van der Waals surface area contributed by atoms with Crippen molar-refractivity contribution in [2.24, 2.45) is 0 Å². The summed E-state index contributed by atoms with van der Waals surface area (Å²) >= 11 is 0. The van der Waals surface area contributed by atoms with Crippen molar-refractivity contribution < 1.29 is 4.74 Å². The molecule has 1 unspecified atom stereocenters. The first kappa shape index (κ1) is 16.5. The van der Waals surface area contributed by atoms with Crippen LogP contribution in [-0.2, 0) is 6.61 Å². The van der Waals surface area contributed by atoms with Gasteiger partial charge in [-0.15, -0.1) is 0 Å². The molecule has 24 heavy (non-hydrogen) atoms. The molecule has 124 valence electrons. The van der Waals surface area contributed by atoms with Crippen LogP contribution >= 0.6 is 0 Å². The van der Waals surface area contributed by atoms with Crippen molar-refractivity contribution >= 4 is 0 Å². The normalized spacial score (nSPS) is 16.8. The Morgan fingerprint density at radius 3 is 2.21 bits per heavy atom. The van der Waals surface area contributed by atoms with Gasteiger partial charge in [-0.2, -0.15) is 5.26 Å². The third-order valence-corrected chi connectivity index (χ3v) is 4.57. The number of hydrogen-bond donors (Lipinski definition) is 0. The Hall–Kier alpha value is -2.31. The summed E-state index contributed by atoms with van der Waals surface area (Å²) in [5.74, 6) is 0.843. The second-order valence-electron chi connectivity index (χ2n) is 6.33. The van der Waals surface area contributed by atoms with E-state index in [2.05, 4.69) is 23.1 Å². The van der Waals surface area contributed by atoms with Gasteiger partial charge in [0.1, 0.15) is 18.4 Å². The summed E-state index contributed by atoms with van der Waals surface area (Å²) in [7, 11) is 0. The molecule has 1 fully saturated rings. The van der Waals surface area contributed by atoms with Crippen LogP contribution in [0.15, 0.2) is 54.6 Å². The molecule has 3 rings (SSSR count). The summed E-state index contributed by atoms with van der Waals surface area (Å²) in [5.41, 5.74) is 2.22. The lowest BCUT2D eigenvalue weighted by Crippen LogP contribution is -2.28. The highest BCUT2D eigenvalue weighted by Crippen LogP contribution is 2.25. The van der Waals surface area contributed by atoms with Crippen molar-refractivity contribution in [1.82, 2.24) is 4.90 Å². The second-order valence-corrected chi connectivity index (χ2v) is 6.33. The molecular formula is C21H24N2O. The first-order valence-electron chi connectivity index (χ1n) is 8.77. The maximum Gasteiger partial charge on any atom is 0.123 e. The molecule has 3 nitrogen and oxygen atoms in total. The molecule has 0 saturated carbocycles. The Labute approximate surface area is 144 Å². The van der Waals surface area contributed by atoms with E-state index in [9.17, 15) is 5.26 Å². The molecular weight excluding hydrogens is 296 g/mol. The smallest absolute Gasteiger partial charge is 0.123 e. The van der Waals surface area contributed by atoms with Crippen LogP contribution in [0.1, 0.15) is 42.9 Å². The van der Waals surface area contributed by atoms with Gasteiger partial charge < -0.3 is 4.74 Å². The van der Waals surface area contributed by atoms with E-state index in [0.717, 1.165) is 30.0 Å². The van der Waals surface area contributed by atoms with E-state index in [1.807, 2.05) is 42.5 Å². The molecule has 0 N–H and O–H groups in total. The Morgan fingerprint density at radius 2 is 1.58 bits per heavy atom. The van der Waals surface area contributed by atoms with Gasteiger partial charge in [-0.05, 0) is 49.2 Å². The summed E-state index contributed by atoms with van der Waals surface area (Å²) in [6.45, 7) is 2.60. The zero-order valence-corrected chi connectivity index (χ0v) is 14.0. The van der Waals surface area contributed by atoms with Gasteiger partial charge in [-0.3, -0.25) is 4.90 Å². The lowest BCUT2D eigenvalue weighted by atomic mass is 10.1. The number of hydrogen-bond acceptors (Lipinski definition) is 3. The number of nitrogens with zero attached hydrogens (tertiary/aromatic N) is 2. The average molecular weight is 320 g/mol. The van der Waals surface area contributed by atoms with Crippen LogP contribution < -0.4 is 4.74 Å². The zero-order valence-electron chi connectivity index (χ0n) is 14.0. The Bertz CT molecular complexity index is 652. The van der Waals surface area contributed by atoms with Crippen LogP contribution in [0.4, 0.5) is 0 Å². The van der Waals surface area contributed by atoms with Gasteiger partial charge in [0, 0.05) is 0 Å². The number of benzene rings is 2. The van der Waals surface area contributed by atoms with Gasteiger partial charge in [-0.1, -0.05) is 55.3 Å². The van der Waals surface area contributed by atoms with E-state index in [1.165, 1.54) is 25.7 Å². The lowest BCUT2D eigenvalue weighted by molar-refractivity contribution is 0.245. The molecule has 1 saturated heterocycles. The lowest BCUT2D eigenvalue weighted by Gasteiger charge is -2.25. The molecule has 0 aromatic heterocycles. The highest BCUT2D eigenvalue weighted by atomic mass is 16.5. The summed E-state index contributed by atoms with van der Waals surface area (Å²) in [6, 6.07) is 20.5. The van der Waals surface area contributed by atoms with Crippen molar-refractivity contribution in [2.45, 2.75) is 38.3 Å². The molecule has 2 aromatic carbocycles. The molecule has 1 atom stereocenters. The number of likely N-dealkylation sites (tertiary alicyclic amines) is 1. The molecule has 1 aliphatic rings. The average Bonchev–Trinajstić information content (AvgIpc) is 2.92. The molecule has 2 aromatic rings. The monoisotopic (exact) mass is 320 g/mol. The van der Waals surface area contributed by atoms with Crippen LogP contribution in [0.25, 0.3) is 0 Å². The molecule has 1 heterocycles. The Balaban J connectivity index is 1.63. The van der Waals surface area contributed by atoms with Gasteiger partial charge in [-0.25, -0.2) is 0 Å². The number of nitriles is 1. The van der Waals surface area contributed by atoms with Crippen LogP contribution in [0, 0.1) is 11.3 Å². The van der Waals surface area contributed by atoms with Crippen molar-refractivity contribution in [3.63, 3.8) is 0 Å². The van der Waals surface area contributed by atoms with E-state index < -0.39 is 0 Å². The van der Waals surface area contributed by atoms with Crippen LogP contribution in [0.3, 0.4) is 0 Å². The molecule has 0 amide bonds. The van der Waals surface area contributed by atoms with E-state index >= 15 is 0 Å².